The number of ether oxygens (including phenoxy) is 1. The van der Waals surface area contributed by atoms with E-state index in [0.29, 0.717) is 4.90 Å². The van der Waals surface area contributed by atoms with Gasteiger partial charge in [0.15, 0.2) is 0 Å². The van der Waals surface area contributed by atoms with E-state index in [2.05, 4.69) is 4.36 Å². The highest BCUT2D eigenvalue weighted by Crippen LogP contribution is 2.29. The SMILES string of the molecule is O=C1N=S(=O)(c2ccccc2)CC(c2ccccc2)O1. The summed E-state index contributed by atoms with van der Waals surface area (Å²) in [4.78, 5) is 12.2. The second-order valence-corrected chi connectivity index (χ2v) is 6.76. The predicted octanol–water partition coefficient (Wildman–Crippen LogP) is 3.41. The van der Waals surface area contributed by atoms with Gasteiger partial charge in [0.25, 0.3) is 0 Å². The number of rotatable bonds is 2. The van der Waals surface area contributed by atoms with Crippen LogP contribution in [0, 0.1) is 0 Å². The van der Waals surface area contributed by atoms with Crippen molar-refractivity contribution in [3.63, 3.8) is 0 Å². The molecule has 0 saturated carbocycles. The van der Waals surface area contributed by atoms with Crippen LogP contribution in [0.4, 0.5) is 4.79 Å². The quantitative estimate of drug-likeness (QED) is 0.850. The molecule has 0 radical (unpaired) electrons. The van der Waals surface area contributed by atoms with Gasteiger partial charge in [-0.15, -0.1) is 4.36 Å². The maximum atomic E-state index is 12.9. The van der Waals surface area contributed by atoms with E-state index in [9.17, 15) is 9.00 Å². The molecule has 0 aromatic heterocycles. The summed E-state index contributed by atoms with van der Waals surface area (Å²) in [5.41, 5.74) is 0.833. The molecule has 1 aliphatic rings. The van der Waals surface area contributed by atoms with E-state index in [1.165, 1.54) is 0 Å². The number of hydrogen-bond acceptors (Lipinski definition) is 3. The summed E-state index contributed by atoms with van der Waals surface area (Å²) in [5.74, 6) is 0.187. The third-order valence-corrected chi connectivity index (χ3v) is 5.33. The molecule has 1 aliphatic heterocycles. The molecule has 0 fully saturated rings. The molecule has 2 aromatic carbocycles. The molecule has 0 aliphatic carbocycles. The fourth-order valence-corrected chi connectivity index (χ4v) is 4.06. The second kappa shape index (κ2) is 5.09. The molecule has 2 unspecified atom stereocenters. The van der Waals surface area contributed by atoms with Gasteiger partial charge in [-0.05, 0) is 17.7 Å². The fraction of sp³-hybridized carbons (Fsp3) is 0.133. The van der Waals surface area contributed by atoms with Crippen LogP contribution in [0.25, 0.3) is 0 Å². The van der Waals surface area contributed by atoms with Crippen LogP contribution in [0.15, 0.2) is 69.9 Å². The lowest BCUT2D eigenvalue weighted by Gasteiger charge is -2.23. The largest absolute Gasteiger partial charge is 0.442 e. The average molecular weight is 287 g/mol. The first-order valence-electron chi connectivity index (χ1n) is 6.23. The van der Waals surface area contributed by atoms with Crippen molar-refractivity contribution in [2.45, 2.75) is 11.0 Å². The molecule has 2 aromatic rings. The van der Waals surface area contributed by atoms with Gasteiger partial charge >= 0.3 is 6.09 Å². The van der Waals surface area contributed by atoms with Crippen molar-refractivity contribution in [1.29, 1.82) is 0 Å². The Morgan fingerprint density at radius 2 is 1.60 bits per heavy atom. The van der Waals surface area contributed by atoms with Crippen molar-refractivity contribution >= 4 is 15.8 Å². The third-order valence-electron chi connectivity index (χ3n) is 3.13. The first-order valence-corrected chi connectivity index (χ1v) is 7.91. The Kier molecular flexibility index (Phi) is 3.28. The zero-order valence-corrected chi connectivity index (χ0v) is 11.5. The minimum atomic E-state index is -2.76. The fourth-order valence-electron chi connectivity index (χ4n) is 2.15. The van der Waals surface area contributed by atoms with Crippen molar-refractivity contribution < 1.29 is 13.7 Å². The first kappa shape index (κ1) is 12.9. The van der Waals surface area contributed by atoms with Gasteiger partial charge in [0.05, 0.1) is 15.5 Å². The third kappa shape index (κ3) is 2.44. The average Bonchev–Trinajstić information content (AvgIpc) is 2.48. The smallest absolute Gasteiger partial charge is 0.438 e. The van der Waals surface area contributed by atoms with E-state index in [1.807, 2.05) is 36.4 Å². The van der Waals surface area contributed by atoms with Gasteiger partial charge in [0.1, 0.15) is 6.10 Å². The Balaban J connectivity index is 2.02. The normalized spacial score (nSPS) is 25.6. The summed E-state index contributed by atoms with van der Waals surface area (Å²) in [6.07, 6.45) is -1.28. The monoisotopic (exact) mass is 287 g/mol. The summed E-state index contributed by atoms with van der Waals surface area (Å²) in [7, 11) is -2.76. The Labute approximate surface area is 117 Å². The number of carbonyl (C=O) groups is 1. The number of carbonyl (C=O) groups excluding carboxylic acids is 1. The van der Waals surface area contributed by atoms with Crippen LogP contribution in [0.1, 0.15) is 11.7 Å². The number of hydrogen-bond donors (Lipinski definition) is 0. The van der Waals surface area contributed by atoms with Crippen molar-refractivity contribution in [3.05, 3.63) is 66.2 Å². The summed E-state index contributed by atoms with van der Waals surface area (Å²) in [6, 6.07) is 18.2. The van der Waals surface area contributed by atoms with Gasteiger partial charge < -0.3 is 4.74 Å². The zero-order chi connectivity index (χ0) is 14.0. The lowest BCUT2D eigenvalue weighted by Crippen LogP contribution is -2.25. The van der Waals surface area contributed by atoms with E-state index < -0.39 is 21.9 Å². The summed E-state index contributed by atoms with van der Waals surface area (Å²) in [5, 5.41) is 0. The minimum absolute atomic E-state index is 0.187. The van der Waals surface area contributed by atoms with Crippen LogP contribution in [0.3, 0.4) is 0 Å². The zero-order valence-electron chi connectivity index (χ0n) is 10.6. The molecule has 0 saturated heterocycles. The highest BCUT2D eigenvalue weighted by Gasteiger charge is 2.30. The molecule has 4 nitrogen and oxygen atoms in total. The minimum Gasteiger partial charge on any atom is -0.438 e. The molecule has 20 heavy (non-hydrogen) atoms. The molecule has 1 amide bonds. The maximum absolute atomic E-state index is 12.9. The van der Waals surface area contributed by atoms with Crippen LogP contribution in [0.2, 0.25) is 0 Å². The lowest BCUT2D eigenvalue weighted by molar-refractivity contribution is 0.115. The second-order valence-electron chi connectivity index (χ2n) is 4.49. The van der Waals surface area contributed by atoms with E-state index in [-0.39, 0.29) is 5.75 Å². The van der Waals surface area contributed by atoms with Crippen LogP contribution in [-0.4, -0.2) is 16.1 Å². The van der Waals surface area contributed by atoms with Gasteiger partial charge in [-0.3, -0.25) is 0 Å². The van der Waals surface area contributed by atoms with Gasteiger partial charge in [-0.1, -0.05) is 48.5 Å². The highest BCUT2D eigenvalue weighted by atomic mass is 32.2. The van der Waals surface area contributed by atoms with Crippen molar-refractivity contribution in [2.75, 3.05) is 5.75 Å². The van der Waals surface area contributed by atoms with Crippen LogP contribution < -0.4 is 0 Å². The van der Waals surface area contributed by atoms with Crippen LogP contribution in [-0.2, 0) is 14.5 Å². The van der Waals surface area contributed by atoms with Crippen molar-refractivity contribution in [3.8, 4) is 0 Å². The topological polar surface area (TPSA) is 55.7 Å². The summed E-state index contributed by atoms with van der Waals surface area (Å²) >= 11 is 0. The molecule has 2 atom stereocenters. The van der Waals surface area contributed by atoms with E-state index in [1.54, 1.807) is 24.3 Å². The number of cyclic esters (lactones) is 1. The molecule has 102 valence electrons. The van der Waals surface area contributed by atoms with Crippen molar-refractivity contribution in [2.24, 2.45) is 4.36 Å². The molecule has 5 heteroatoms. The standard InChI is InChI=1S/C15H13NO3S/c17-15-16-20(18,13-9-5-2-6-10-13)11-14(19-15)12-7-3-1-4-8-12/h1-10,14H,11H2. The molecule has 3 rings (SSSR count). The van der Waals surface area contributed by atoms with Crippen LogP contribution in [0.5, 0.6) is 0 Å². The Bertz CT molecular complexity index is 734. The Morgan fingerprint density at radius 1 is 1.00 bits per heavy atom. The number of benzene rings is 2. The van der Waals surface area contributed by atoms with E-state index in [0.717, 1.165) is 5.56 Å². The van der Waals surface area contributed by atoms with E-state index >= 15 is 0 Å². The molecule has 0 bridgehead atoms. The Morgan fingerprint density at radius 3 is 2.25 bits per heavy atom. The molecule has 0 spiro atoms. The molecular formula is C15H13NO3S. The maximum Gasteiger partial charge on any atom is 0.442 e. The van der Waals surface area contributed by atoms with Gasteiger partial charge in [0, 0.05) is 4.90 Å². The van der Waals surface area contributed by atoms with E-state index in [4.69, 9.17) is 4.74 Å². The number of nitrogens with zero attached hydrogens (tertiary/aromatic N) is 1. The van der Waals surface area contributed by atoms with Crippen LogP contribution >= 0.6 is 0 Å². The van der Waals surface area contributed by atoms with Gasteiger partial charge in [0.2, 0.25) is 0 Å². The summed E-state index contributed by atoms with van der Waals surface area (Å²) in [6.45, 7) is 0. The lowest BCUT2D eigenvalue weighted by atomic mass is 10.1. The van der Waals surface area contributed by atoms with Gasteiger partial charge in [-0.2, -0.15) is 0 Å². The first-order chi connectivity index (χ1) is 9.67. The Hall–Kier alpha value is -2.14. The van der Waals surface area contributed by atoms with Crippen molar-refractivity contribution in [1.82, 2.24) is 0 Å². The number of amides is 1. The van der Waals surface area contributed by atoms with Gasteiger partial charge in [-0.25, -0.2) is 9.00 Å². The molecule has 0 N–H and O–H groups in total. The highest BCUT2D eigenvalue weighted by molar-refractivity contribution is 7.94. The summed E-state index contributed by atoms with van der Waals surface area (Å²) < 4.78 is 21.9. The molecular weight excluding hydrogens is 274 g/mol. The molecule has 1 heterocycles. The predicted molar refractivity (Wildman–Crippen MR) is 75.8 cm³/mol.